The van der Waals surface area contributed by atoms with E-state index in [0.29, 0.717) is 5.92 Å². The number of anilines is 1. The van der Waals surface area contributed by atoms with Gasteiger partial charge in [0.15, 0.2) is 0 Å². The SMILES string of the molecule is Cc1c(-c2cc3cc[nH]c3[nH]2)ccc(C2CCC2)c1N. The van der Waals surface area contributed by atoms with E-state index >= 15 is 0 Å². The summed E-state index contributed by atoms with van der Waals surface area (Å²) in [5, 5.41) is 1.21. The number of nitrogens with one attached hydrogen (secondary N) is 2. The molecule has 3 aromatic rings. The monoisotopic (exact) mass is 265 g/mol. The number of H-pyrrole nitrogens is 2. The van der Waals surface area contributed by atoms with Crippen LogP contribution in [0.2, 0.25) is 0 Å². The van der Waals surface area contributed by atoms with Crippen LogP contribution >= 0.6 is 0 Å². The first kappa shape index (κ1) is 11.6. The van der Waals surface area contributed by atoms with E-state index in [2.05, 4.69) is 41.2 Å². The minimum Gasteiger partial charge on any atom is -0.398 e. The Bertz CT molecular complexity index is 746. The van der Waals surface area contributed by atoms with Crippen LogP contribution in [0.15, 0.2) is 30.5 Å². The molecule has 4 N–H and O–H groups in total. The van der Waals surface area contributed by atoms with Gasteiger partial charge in [0.25, 0.3) is 0 Å². The average Bonchev–Trinajstić information content (AvgIpc) is 2.93. The molecular formula is C17H19N3. The summed E-state index contributed by atoms with van der Waals surface area (Å²) in [5.74, 6) is 0.681. The summed E-state index contributed by atoms with van der Waals surface area (Å²) in [7, 11) is 0. The van der Waals surface area contributed by atoms with E-state index in [1.165, 1.54) is 41.3 Å². The molecule has 1 aliphatic rings. The van der Waals surface area contributed by atoms with Gasteiger partial charge in [-0.15, -0.1) is 0 Å². The third-order valence-corrected chi connectivity index (χ3v) is 4.72. The third-order valence-electron chi connectivity index (χ3n) is 4.72. The number of hydrogen-bond donors (Lipinski definition) is 3. The molecular weight excluding hydrogens is 246 g/mol. The molecule has 0 unspecified atom stereocenters. The molecule has 3 nitrogen and oxygen atoms in total. The van der Waals surface area contributed by atoms with Gasteiger partial charge >= 0.3 is 0 Å². The van der Waals surface area contributed by atoms with Gasteiger partial charge in [0, 0.05) is 28.5 Å². The first-order chi connectivity index (χ1) is 9.74. The number of nitrogen functional groups attached to an aromatic ring is 1. The Kier molecular flexibility index (Phi) is 2.43. The molecule has 0 atom stereocenters. The Morgan fingerprint density at radius 1 is 1.20 bits per heavy atom. The van der Waals surface area contributed by atoms with Crippen molar-refractivity contribution in [2.24, 2.45) is 0 Å². The molecule has 3 heteroatoms. The highest BCUT2D eigenvalue weighted by molar-refractivity contribution is 5.85. The lowest BCUT2D eigenvalue weighted by atomic mass is 9.78. The van der Waals surface area contributed by atoms with Crippen molar-refractivity contribution in [2.75, 3.05) is 5.73 Å². The molecule has 0 saturated heterocycles. The van der Waals surface area contributed by atoms with Crippen LogP contribution < -0.4 is 5.73 Å². The second kappa shape index (κ2) is 4.17. The topological polar surface area (TPSA) is 57.6 Å². The zero-order chi connectivity index (χ0) is 13.7. The molecule has 102 valence electrons. The molecule has 0 spiro atoms. The van der Waals surface area contributed by atoms with Crippen molar-refractivity contribution in [1.82, 2.24) is 9.97 Å². The molecule has 0 aliphatic heterocycles. The van der Waals surface area contributed by atoms with E-state index in [9.17, 15) is 0 Å². The van der Waals surface area contributed by atoms with Crippen LogP contribution in [-0.2, 0) is 0 Å². The zero-order valence-corrected chi connectivity index (χ0v) is 11.7. The number of nitrogens with two attached hydrogens (primary N) is 1. The van der Waals surface area contributed by atoms with E-state index in [-0.39, 0.29) is 0 Å². The van der Waals surface area contributed by atoms with Gasteiger partial charge in [-0.2, -0.15) is 0 Å². The minimum absolute atomic E-state index is 0.681. The molecule has 20 heavy (non-hydrogen) atoms. The molecule has 0 amide bonds. The molecule has 1 aliphatic carbocycles. The molecule has 1 aromatic carbocycles. The van der Waals surface area contributed by atoms with E-state index in [1.807, 2.05) is 6.20 Å². The van der Waals surface area contributed by atoms with Gasteiger partial charge in [0.2, 0.25) is 0 Å². The summed E-state index contributed by atoms with van der Waals surface area (Å²) in [6.07, 6.45) is 5.86. The van der Waals surface area contributed by atoms with Crippen molar-refractivity contribution in [3.63, 3.8) is 0 Å². The van der Waals surface area contributed by atoms with Gasteiger partial charge < -0.3 is 15.7 Å². The summed E-state index contributed by atoms with van der Waals surface area (Å²) in [6.45, 7) is 2.13. The number of hydrogen-bond acceptors (Lipinski definition) is 1. The number of fused-ring (bicyclic) bond motifs is 1. The average molecular weight is 265 g/mol. The van der Waals surface area contributed by atoms with Crippen molar-refractivity contribution in [3.05, 3.63) is 41.6 Å². The van der Waals surface area contributed by atoms with Crippen molar-refractivity contribution in [3.8, 4) is 11.3 Å². The fourth-order valence-corrected chi connectivity index (χ4v) is 3.20. The summed E-state index contributed by atoms with van der Waals surface area (Å²) in [6, 6.07) is 8.69. The normalized spacial score (nSPS) is 15.7. The molecule has 2 aromatic heterocycles. The summed E-state index contributed by atoms with van der Waals surface area (Å²) < 4.78 is 0. The molecule has 0 bridgehead atoms. The van der Waals surface area contributed by atoms with Crippen LogP contribution in [0.25, 0.3) is 22.3 Å². The molecule has 2 heterocycles. The van der Waals surface area contributed by atoms with Gasteiger partial charge in [-0.1, -0.05) is 18.6 Å². The van der Waals surface area contributed by atoms with Crippen molar-refractivity contribution in [1.29, 1.82) is 0 Å². The number of aromatic nitrogens is 2. The van der Waals surface area contributed by atoms with Crippen molar-refractivity contribution < 1.29 is 0 Å². The minimum atomic E-state index is 0.681. The zero-order valence-electron chi connectivity index (χ0n) is 11.7. The first-order valence-electron chi connectivity index (χ1n) is 7.29. The fraction of sp³-hybridized carbons (Fsp3) is 0.294. The Morgan fingerprint density at radius 2 is 2.05 bits per heavy atom. The van der Waals surface area contributed by atoms with Crippen molar-refractivity contribution in [2.45, 2.75) is 32.1 Å². The maximum atomic E-state index is 6.38. The molecule has 1 fully saturated rings. The van der Waals surface area contributed by atoms with E-state index in [1.54, 1.807) is 0 Å². The first-order valence-corrected chi connectivity index (χ1v) is 7.29. The Labute approximate surface area is 118 Å². The van der Waals surface area contributed by atoms with Crippen LogP contribution in [0.3, 0.4) is 0 Å². The Balaban J connectivity index is 1.81. The number of aromatic amines is 2. The summed E-state index contributed by atoms with van der Waals surface area (Å²) in [4.78, 5) is 6.63. The highest BCUT2D eigenvalue weighted by Crippen LogP contribution is 2.42. The van der Waals surface area contributed by atoms with Gasteiger partial charge in [-0.05, 0) is 48.9 Å². The van der Waals surface area contributed by atoms with Crippen LogP contribution in [0.4, 0.5) is 5.69 Å². The standard InChI is InChI=1S/C17H19N3/c1-10-13(15-9-12-7-8-19-17(12)20-15)5-6-14(16(10)18)11-3-2-4-11/h5-9,11,19-20H,2-4,18H2,1H3. The van der Waals surface area contributed by atoms with Crippen LogP contribution in [-0.4, -0.2) is 9.97 Å². The van der Waals surface area contributed by atoms with Gasteiger partial charge in [-0.3, -0.25) is 0 Å². The largest absolute Gasteiger partial charge is 0.398 e. The highest BCUT2D eigenvalue weighted by atomic mass is 14.9. The van der Waals surface area contributed by atoms with Crippen LogP contribution in [0.1, 0.15) is 36.3 Å². The second-order valence-electron chi connectivity index (χ2n) is 5.86. The predicted octanol–water partition coefficient (Wildman–Crippen LogP) is 4.32. The highest BCUT2D eigenvalue weighted by Gasteiger charge is 2.23. The number of rotatable bonds is 2. The molecule has 0 radical (unpaired) electrons. The van der Waals surface area contributed by atoms with Crippen LogP contribution in [0, 0.1) is 6.92 Å². The third kappa shape index (κ3) is 1.59. The quantitative estimate of drug-likeness (QED) is 0.594. The summed E-state index contributed by atoms with van der Waals surface area (Å²) in [5.41, 5.74) is 13.3. The Morgan fingerprint density at radius 3 is 2.75 bits per heavy atom. The number of benzene rings is 1. The van der Waals surface area contributed by atoms with Gasteiger partial charge in [0.1, 0.15) is 5.65 Å². The summed E-state index contributed by atoms with van der Waals surface area (Å²) >= 11 is 0. The predicted molar refractivity (Wildman–Crippen MR) is 83.8 cm³/mol. The van der Waals surface area contributed by atoms with Gasteiger partial charge in [0.05, 0.1) is 0 Å². The smallest absolute Gasteiger partial charge is 0.115 e. The van der Waals surface area contributed by atoms with Gasteiger partial charge in [-0.25, -0.2) is 0 Å². The van der Waals surface area contributed by atoms with E-state index < -0.39 is 0 Å². The Hall–Kier alpha value is -2.16. The van der Waals surface area contributed by atoms with E-state index in [4.69, 9.17) is 5.73 Å². The second-order valence-corrected chi connectivity index (χ2v) is 5.86. The van der Waals surface area contributed by atoms with Crippen LogP contribution in [0.5, 0.6) is 0 Å². The lowest BCUT2D eigenvalue weighted by molar-refractivity contribution is 0.421. The lowest BCUT2D eigenvalue weighted by Crippen LogP contribution is -2.12. The molecule has 1 saturated carbocycles. The van der Waals surface area contributed by atoms with Crippen molar-refractivity contribution >= 4 is 16.7 Å². The maximum Gasteiger partial charge on any atom is 0.115 e. The molecule has 4 rings (SSSR count). The van der Waals surface area contributed by atoms with E-state index in [0.717, 1.165) is 17.0 Å². The lowest BCUT2D eigenvalue weighted by Gasteiger charge is -2.28. The fourth-order valence-electron chi connectivity index (χ4n) is 3.20. The maximum absolute atomic E-state index is 6.38.